The molecule has 0 bridgehead atoms. The third kappa shape index (κ3) is 2.18. The molecule has 1 aromatic carbocycles. The van der Waals surface area contributed by atoms with E-state index in [1.54, 1.807) is 0 Å². The molecule has 0 saturated heterocycles. The number of fused-ring (bicyclic) bond motifs is 1. The summed E-state index contributed by atoms with van der Waals surface area (Å²) in [6.07, 6.45) is 0.754. The maximum Gasteiger partial charge on any atom is 0.355 e. The van der Waals surface area contributed by atoms with Gasteiger partial charge in [0.1, 0.15) is 6.33 Å². The first-order valence-electron chi connectivity index (χ1n) is 5.50. The second kappa shape index (κ2) is 5.09. The molecular weight excluding hydrogens is 300 g/mol. The molecule has 0 atom stereocenters. The van der Waals surface area contributed by atoms with Crippen molar-refractivity contribution in [2.24, 2.45) is 0 Å². The van der Waals surface area contributed by atoms with Crippen LogP contribution in [0, 0.1) is 0 Å². The van der Waals surface area contributed by atoms with E-state index in [9.17, 15) is 24.3 Å². The minimum atomic E-state index is -1.74. The Kier molecular flexibility index (Phi) is 3.43. The molecule has 0 spiro atoms. The highest BCUT2D eigenvalue weighted by molar-refractivity contribution is 6.19. The van der Waals surface area contributed by atoms with E-state index in [1.807, 2.05) is 0 Å². The Morgan fingerprint density at radius 3 is 1.82 bits per heavy atom. The Hall–Kier alpha value is -3.56. The lowest BCUT2D eigenvalue weighted by molar-refractivity contribution is 0.0649. The Morgan fingerprint density at radius 2 is 1.36 bits per heavy atom. The molecule has 0 aliphatic heterocycles. The van der Waals surface area contributed by atoms with Gasteiger partial charge in [-0.1, -0.05) is 0 Å². The maximum absolute atomic E-state index is 11.3. The zero-order valence-electron chi connectivity index (χ0n) is 10.5. The molecule has 112 valence electrons. The number of nitrogens with zero attached hydrogens (tertiary/aromatic N) is 2. The Labute approximate surface area is 120 Å². The number of carboxylic acid groups (broad SMARTS) is 4. The van der Waals surface area contributed by atoms with E-state index in [0.29, 0.717) is 6.07 Å². The van der Waals surface area contributed by atoms with Crippen LogP contribution in [0.25, 0.3) is 10.9 Å². The minimum absolute atomic E-state index is 0.470. The van der Waals surface area contributed by atoms with E-state index >= 15 is 0 Å². The van der Waals surface area contributed by atoms with Crippen molar-refractivity contribution < 1.29 is 39.6 Å². The van der Waals surface area contributed by atoms with Gasteiger partial charge < -0.3 is 20.4 Å². The highest BCUT2D eigenvalue weighted by atomic mass is 16.4. The molecule has 22 heavy (non-hydrogen) atoms. The SMILES string of the molecule is O=C(O)c1cc(C(=O)O)c2ncnc(C(=O)O)c2c1C(=O)O. The average molecular weight is 306 g/mol. The fraction of sp³-hybridized carbons (Fsp3) is 0. The van der Waals surface area contributed by atoms with Gasteiger partial charge in [-0.15, -0.1) is 0 Å². The monoisotopic (exact) mass is 306 g/mol. The smallest absolute Gasteiger partial charge is 0.355 e. The lowest BCUT2D eigenvalue weighted by Gasteiger charge is -2.10. The fourth-order valence-electron chi connectivity index (χ4n) is 1.96. The van der Waals surface area contributed by atoms with Gasteiger partial charge in [-0.25, -0.2) is 29.1 Å². The van der Waals surface area contributed by atoms with Crippen molar-refractivity contribution in [1.29, 1.82) is 0 Å². The number of aromatic carboxylic acids is 4. The molecule has 1 aromatic heterocycles. The number of benzene rings is 1. The van der Waals surface area contributed by atoms with Crippen LogP contribution < -0.4 is 0 Å². The van der Waals surface area contributed by atoms with Crippen molar-refractivity contribution in [1.82, 2.24) is 9.97 Å². The summed E-state index contributed by atoms with van der Waals surface area (Å²) in [5, 5.41) is 35.8. The summed E-state index contributed by atoms with van der Waals surface area (Å²) in [5.41, 5.74) is -3.65. The van der Waals surface area contributed by atoms with E-state index in [4.69, 9.17) is 15.3 Å². The topological polar surface area (TPSA) is 175 Å². The first-order chi connectivity index (χ1) is 10.3. The first kappa shape index (κ1) is 14.8. The molecular formula is C12H6N2O8. The molecule has 0 aliphatic rings. The summed E-state index contributed by atoms with van der Waals surface area (Å²) < 4.78 is 0. The molecule has 10 nitrogen and oxygen atoms in total. The molecule has 2 rings (SSSR count). The first-order valence-corrected chi connectivity index (χ1v) is 5.50. The highest BCUT2D eigenvalue weighted by Gasteiger charge is 2.28. The number of carboxylic acids is 4. The third-order valence-corrected chi connectivity index (χ3v) is 2.79. The largest absolute Gasteiger partial charge is 0.478 e. The summed E-state index contributed by atoms with van der Waals surface area (Å²) in [5.74, 6) is -6.69. The zero-order chi connectivity index (χ0) is 16.6. The predicted molar refractivity (Wildman–Crippen MR) is 67.4 cm³/mol. The van der Waals surface area contributed by atoms with E-state index in [1.165, 1.54) is 0 Å². The minimum Gasteiger partial charge on any atom is -0.478 e. The van der Waals surface area contributed by atoms with Crippen molar-refractivity contribution in [3.8, 4) is 0 Å². The van der Waals surface area contributed by atoms with Crippen LogP contribution in [0.5, 0.6) is 0 Å². The van der Waals surface area contributed by atoms with Crippen LogP contribution in [0.15, 0.2) is 12.4 Å². The van der Waals surface area contributed by atoms with Gasteiger partial charge in [0.2, 0.25) is 0 Å². The van der Waals surface area contributed by atoms with E-state index in [0.717, 1.165) is 6.33 Å². The predicted octanol–water partition coefficient (Wildman–Crippen LogP) is 0.423. The highest BCUT2D eigenvalue weighted by Crippen LogP contribution is 2.27. The van der Waals surface area contributed by atoms with Crippen LogP contribution in [-0.2, 0) is 0 Å². The van der Waals surface area contributed by atoms with Crippen molar-refractivity contribution in [3.05, 3.63) is 34.8 Å². The molecule has 0 fully saturated rings. The number of rotatable bonds is 4. The summed E-state index contributed by atoms with van der Waals surface area (Å²) in [7, 11) is 0. The van der Waals surface area contributed by atoms with Crippen LogP contribution in [-0.4, -0.2) is 54.3 Å². The zero-order valence-corrected chi connectivity index (χ0v) is 10.5. The molecule has 4 N–H and O–H groups in total. The van der Waals surface area contributed by atoms with Crippen LogP contribution in [0.2, 0.25) is 0 Å². The van der Waals surface area contributed by atoms with Gasteiger partial charge in [0.25, 0.3) is 0 Å². The second-order valence-corrected chi connectivity index (χ2v) is 4.01. The standard InChI is InChI=1S/C12H6N2O8/c15-9(16)3-1-4(10(17)18)7-6(5(3)11(19)20)8(12(21)22)14-2-13-7/h1-2H,(H,15,16)(H,17,18)(H,19,20)(H,21,22). The third-order valence-electron chi connectivity index (χ3n) is 2.79. The molecule has 0 amide bonds. The molecule has 0 radical (unpaired) electrons. The van der Waals surface area contributed by atoms with Crippen LogP contribution in [0.1, 0.15) is 41.6 Å². The number of hydrogen-bond acceptors (Lipinski definition) is 6. The normalized spacial score (nSPS) is 10.4. The second-order valence-electron chi connectivity index (χ2n) is 4.01. The molecule has 0 unspecified atom stereocenters. The van der Waals surface area contributed by atoms with Crippen LogP contribution >= 0.6 is 0 Å². The lowest BCUT2D eigenvalue weighted by atomic mass is 9.96. The fourth-order valence-corrected chi connectivity index (χ4v) is 1.96. The van der Waals surface area contributed by atoms with E-state index < -0.39 is 57.2 Å². The number of carbonyl (C=O) groups is 4. The Bertz CT molecular complexity index is 846. The number of hydrogen-bond donors (Lipinski definition) is 4. The maximum atomic E-state index is 11.3. The average Bonchev–Trinajstić information content (AvgIpc) is 2.43. The van der Waals surface area contributed by atoms with Gasteiger partial charge >= 0.3 is 23.9 Å². The van der Waals surface area contributed by atoms with E-state index in [2.05, 4.69) is 9.97 Å². The molecule has 1 heterocycles. The van der Waals surface area contributed by atoms with Gasteiger partial charge in [0, 0.05) is 5.39 Å². The molecule has 2 aromatic rings. The molecule has 10 heteroatoms. The summed E-state index contributed by atoms with van der Waals surface area (Å²) >= 11 is 0. The van der Waals surface area contributed by atoms with Crippen molar-refractivity contribution in [2.75, 3.05) is 0 Å². The quantitative estimate of drug-likeness (QED) is 0.619. The Morgan fingerprint density at radius 1 is 0.773 bits per heavy atom. The van der Waals surface area contributed by atoms with Crippen LogP contribution in [0.3, 0.4) is 0 Å². The van der Waals surface area contributed by atoms with Gasteiger partial charge in [-0.3, -0.25) is 0 Å². The Balaban J connectivity index is 3.18. The van der Waals surface area contributed by atoms with Crippen molar-refractivity contribution in [3.63, 3.8) is 0 Å². The molecule has 0 saturated carbocycles. The van der Waals surface area contributed by atoms with Crippen molar-refractivity contribution >= 4 is 34.8 Å². The lowest BCUT2D eigenvalue weighted by Crippen LogP contribution is -2.15. The van der Waals surface area contributed by atoms with Crippen LogP contribution in [0.4, 0.5) is 0 Å². The van der Waals surface area contributed by atoms with E-state index in [-0.39, 0.29) is 0 Å². The summed E-state index contributed by atoms with van der Waals surface area (Å²) in [6.45, 7) is 0. The summed E-state index contributed by atoms with van der Waals surface area (Å²) in [4.78, 5) is 51.9. The summed E-state index contributed by atoms with van der Waals surface area (Å²) in [6, 6.07) is 0.620. The van der Waals surface area contributed by atoms with Gasteiger partial charge in [0.05, 0.1) is 22.2 Å². The number of aromatic nitrogens is 2. The van der Waals surface area contributed by atoms with Crippen molar-refractivity contribution in [2.45, 2.75) is 0 Å². The van der Waals surface area contributed by atoms with Gasteiger partial charge in [-0.05, 0) is 6.07 Å². The molecule has 0 aliphatic carbocycles. The van der Waals surface area contributed by atoms with Gasteiger partial charge in [0.15, 0.2) is 5.69 Å². The van der Waals surface area contributed by atoms with Gasteiger partial charge in [-0.2, -0.15) is 0 Å².